The molecule has 0 aromatic rings. The number of rotatable bonds is 11. The lowest BCUT2D eigenvalue weighted by Crippen LogP contribution is -2.66. The molecule has 1 heterocycles. The predicted octanol–water partition coefficient (Wildman–Crippen LogP) is 5.33. The summed E-state index contributed by atoms with van der Waals surface area (Å²) in [6.07, 6.45) is -28.6. The largest absolute Gasteiger partial charge is 0.462 e. The standard InChI is InChI=1S/C21H20F14O7/c1-10(2)12(36)40-8-14(18(24,25)26)9-42-17(16(14,22)23,21(33,34)35)41-7-11(3)13(37)39-6-4-5-15(38,19(27,28)29)20(30,31)32/h38H,1,3-9H2,2H3. The van der Waals surface area contributed by atoms with Crippen LogP contribution in [0.3, 0.4) is 0 Å². The number of carbonyl (C=O) groups excluding carboxylic acids is 2. The lowest BCUT2D eigenvalue weighted by Gasteiger charge is -2.40. The highest BCUT2D eigenvalue weighted by atomic mass is 19.4. The summed E-state index contributed by atoms with van der Waals surface area (Å²) in [5.41, 5.74) is -12.1. The summed E-state index contributed by atoms with van der Waals surface area (Å²) in [4.78, 5) is 23.3. The van der Waals surface area contributed by atoms with Crippen molar-refractivity contribution >= 4 is 11.9 Å². The fourth-order valence-electron chi connectivity index (χ4n) is 3.27. The maximum atomic E-state index is 15.2. The third kappa shape index (κ3) is 6.61. The van der Waals surface area contributed by atoms with Crippen molar-refractivity contribution in [3.05, 3.63) is 24.3 Å². The molecule has 1 N–H and O–H groups in total. The summed E-state index contributed by atoms with van der Waals surface area (Å²) in [6.45, 7) is -1.63. The Kier molecular flexibility index (Phi) is 10.5. The van der Waals surface area contributed by atoms with Crippen LogP contribution in [0.1, 0.15) is 19.8 Å². The summed E-state index contributed by atoms with van der Waals surface area (Å²) in [5.74, 6) is -15.2. The minimum Gasteiger partial charge on any atom is -0.462 e. The summed E-state index contributed by atoms with van der Waals surface area (Å²) in [6, 6.07) is 0. The van der Waals surface area contributed by atoms with Crippen molar-refractivity contribution in [3.63, 3.8) is 0 Å². The molecule has 1 saturated heterocycles. The molecule has 0 radical (unpaired) electrons. The molecule has 1 aliphatic rings. The first-order valence-corrected chi connectivity index (χ1v) is 10.9. The van der Waals surface area contributed by atoms with Crippen molar-refractivity contribution in [3.8, 4) is 0 Å². The fourth-order valence-corrected chi connectivity index (χ4v) is 3.27. The van der Waals surface area contributed by atoms with Gasteiger partial charge in [-0.15, -0.1) is 0 Å². The van der Waals surface area contributed by atoms with Gasteiger partial charge in [0, 0.05) is 5.57 Å². The Morgan fingerprint density at radius 3 is 1.76 bits per heavy atom. The molecular weight excluding hydrogens is 630 g/mol. The van der Waals surface area contributed by atoms with Crippen molar-refractivity contribution in [1.29, 1.82) is 0 Å². The first-order valence-electron chi connectivity index (χ1n) is 10.9. The normalized spacial score (nSPS) is 23.4. The fraction of sp³-hybridized carbons (Fsp3) is 0.714. The van der Waals surface area contributed by atoms with Crippen LogP contribution in [0, 0.1) is 5.41 Å². The molecule has 42 heavy (non-hydrogen) atoms. The van der Waals surface area contributed by atoms with Crippen molar-refractivity contribution in [1.82, 2.24) is 0 Å². The number of halogens is 14. The van der Waals surface area contributed by atoms with Gasteiger partial charge in [-0.3, -0.25) is 0 Å². The highest BCUT2D eigenvalue weighted by Crippen LogP contribution is 2.64. The van der Waals surface area contributed by atoms with Gasteiger partial charge in [-0.25, -0.2) is 9.59 Å². The van der Waals surface area contributed by atoms with Gasteiger partial charge in [-0.05, 0) is 19.8 Å². The number of aliphatic hydroxyl groups is 1. The number of hydrogen-bond donors (Lipinski definition) is 1. The van der Waals surface area contributed by atoms with Crippen LogP contribution in [-0.2, 0) is 28.5 Å². The maximum absolute atomic E-state index is 15.2. The molecule has 2 unspecified atom stereocenters. The van der Waals surface area contributed by atoms with Gasteiger partial charge in [0.05, 0.1) is 25.4 Å². The van der Waals surface area contributed by atoms with E-state index < -0.39 is 110 Å². The Bertz CT molecular complexity index is 1030. The van der Waals surface area contributed by atoms with Crippen molar-refractivity contribution in [2.45, 2.75) is 61.8 Å². The molecule has 0 amide bonds. The molecule has 1 rings (SSSR count). The summed E-state index contributed by atoms with van der Waals surface area (Å²) in [5, 5.41) is 8.98. The van der Waals surface area contributed by atoms with E-state index in [0.717, 1.165) is 6.92 Å². The van der Waals surface area contributed by atoms with Crippen LogP contribution in [0.25, 0.3) is 0 Å². The minimum absolute atomic E-state index is 0.607. The van der Waals surface area contributed by atoms with Gasteiger partial charge < -0.3 is 24.1 Å². The second-order valence-corrected chi connectivity index (χ2v) is 8.90. The second kappa shape index (κ2) is 11.8. The van der Waals surface area contributed by atoms with Gasteiger partial charge in [0.15, 0.2) is 5.41 Å². The zero-order chi connectivity index (χ0) is 33.4. The molecule has 2 atom stereocenters. The zero-order valence-electron chi connectivity index (χ0n) is 20.8. The zero-order valence-corrected chi connectivity index (χ0v) is 20.8. The highest BCUT2D eigenvalue weighted by molar-refractivity contribution is 5.88. The highest BCUT2D eigenvalue weighted by Gasteiger charge is 2.89. The second-order valence-electron chi connectivity index (χ2n) is 8.90. The Labute approximate surface area is 226 Å². The van der Waals surface area contributed by atoms with Crippen molar-refractivity contribution in [2.75, 3.05) is 26.4 Å². The number of ether oxygens (including phenoxy) is 4. The molecule has 244 valence electrons. The molecule has 7 nitrogen and oxygen atoms in total. The van der Waals surface area contributed by atoms with E-state index >= 15 is 8.78 Å². The van der Waals surface area contributed by atoms with Crippen LogP contribution >= 0.6 is 0 Å². The molecule has 21 heteroatoms. The molecule has 0 aromatic heterocycles. The molecular formula is C21H20F14O7. The molecule has 0 saturated carbocycles. The Hall–Kier alpha value is -2.68. The SMILES string of the molecule is C=C(C)C(=O)OCC1(C(F)(F)F)COC(OCC(=C)C(=O)OCCCC(O)(C(F)(F)F)C(F)(F)F)(C(F)(F)F)C1(F)F. The molecule has 0 aliphatic carbocycles. The van der Waals surface area contributed by atoms with Crippen molar-refractivity contribution < 1.29 is 95.1 Å². The third-order valence-electron chi connectivity index (χ3n) is 5.84. The van der Waals surface area contributed by atoms with E-state index in [2.05, 4.69) is 32.1 Å². The average molecular weight is 650 g/mol. The number of alkyl halides is 14. The Morgan fingerprint density at radius 1 is 0.857 bits per heavy atom. The van der Waals surface area contributed by atoms with Crippen LogP contribution < -0.4 is 0 Å². The topological polar surface area (TPSA) is 91.3 Å². The van der Waals surface area contributed by atoms with E-state index in [1.807, 2.05) is 0 Å². The molecule has 1 aliphatic heterocycles. The number of esters is 2. The molecule has 1 fully saturated rings. The predicted molar refractivity (Wildman–Crippen MR) is 106 cm³/mol. The van der Waals surface area contributed by atoms with Gasteiger partial charge in [0.1, 0.15) is 6.61 Å². The number of hydrogen-bond acceptors (Lipinski definition) is 7. The van der Waals surface area contributed by atoms with Crippen LogP contribution in [0.5, 0.6) is 0 Å². The van der Waals surface area contributed by atoms with Crippen LogP contribution in [0.15, 0.2) is 24.3 Å². The van der Waals surface area contributed by atoms with E-state index in [1.165, 1.54) is 0 Å². The Balaban J connectivity index is 3.11. The monoisotopic (exact) mass is 650 g/mol. The first-order chi connectivity index (χ1) is 18.5. The lowest BCUT2D eigenvalue weighted by atomic mass is 9.79. The lowest BCUT2D eigenvalue weighted by molar-refractivity contribution is -0.429. The summed E-state index contributed by atoms with van der Waals surface area (Å²) >= 11 is 0. The summed E-state index contributed by atoms with van der Waals surface area (Å²) in [7, 11) is 0. The van der Waals surface area contributed by atoms with E-state index in [-0.39, 0.29) is 0 Å². The van der Waals surface area contributed by atoms with Crippen LogP contribution in [0.2, 0.25) is 0 Å². The average Bonchev–Trinajstić information content (AvgIpc) is 3.04. The van der Waals surface area contributed by atoms with Gasteiger partial charge in [-0.1, -0.05) is 13.2 Å². The molecule has 0 aromatic carbocycles. The Morgan fingerprint density at radius 2 is 1.36 bits per heavy atom. The maximum Gasteiger partial charge on any atom is 0.449 e. The van der Waals surface area contributed by atoms with Crippen molar-refractivity contribution in [2.24, 2.45) is 5.41 Å². The first kappa shape index (κ1) is 37.3. The van der Waals surface area contributed by atoms with Gasteiger partial charge >= 0.3 is 48.4 Å². The van der Waals surface area contributed by atoms with E-state index in [9.17, 15) is 62.3 Å². The molecule has 0 bridgehead atoms. The van der Waals surface area contributed by atoms with Gasteiger partial charge in [-0.2, -0.15) is 61.5 Å². The quantitative estimate of drug-likeness (QED) is 0.140. The van der Waals surface area contributed by atoms with Crippen LogP contribution in [0.4, 0.5) is 61.5 Å². The number of carbonyl (C=O) groups is 2. The molecule has 0 spiro atoms. The third-order valence-corrected chi connectivity index (χ3v) is 5.84. The smallest absolute Gasteiger partial charge is 0.449 e. The van der Waals surface area contributed by atoms with E-state index in [4.69, 9.17) is 5.11 Å². The van der Waals surface area contributed by atoms with Gasteiger partial charge in [0.2, 0.25) is 0 Å². The van der Waals surface area contributed by atoms with E-state index in [0.29, 0.717) is 0 Å². The van der Waals surface area contributed by atoms with E-state index in [1.54, 1.807) is 0 Å². The van der Waals surface area contributed by atoms with Gasteiger partial charge in [0.25, 0.3) is 5.60 Å². The summed E-state index contributed by atoms with van der Waals surface area (Å²) < 4.78 is 205. The van der Waals surface area contributed by atoms with Crippen LogP contribution in [-0.4, -0.2) is 85.5 Å². The minimum atomic E-state index is -6.48.